The standard InChI is InChI=1S/C12H8BrF2NO/c13-6-8-1-4-12(16-7-8)17-11-5-9(14)2-3-10(11)15/h1-5,7H,6H2. The van der Waals surface area contributed by atoms with Gasteiger partial charge in [-0.1, -0.05) is 22.0 Å². The zero-order valence-electron chi connectivity index (χ0n) is 8.66. The summed E-state index contributed by atoms with van der Waals surface area (Å²) >= 11 is 3.28. The Bertz CT molecular complexity index is 516. The minimum absolute atomic E-state index is 0.177. The van der Waals surface area contributed by atoms with Crippen molar-refractivity contribution in [3.05, 3.63) is 53.7 Å². The number of alkyl halides is 1. The topological polar surface area (TPSA) is 22.1 Å². The first kappa shape index (κ1) is 12.0. The van der Waals surface area contributed by atoms with E-state index in [0.29, 0.717) is 5.33 Å². The van der Waals surface area contributed by atoms with Crippen molar-refractivity contribution in [2.45, 2.75) is 5.33 Å². The van der Waals surface area contributed by atoms with Gasteiger partial charge in [-0.3, -0.25) is 0 Å². The molecule has 1 aromatic heterocycles. The second-order valence-electron chi connectivity index (χ2n) is 3.32. The lowest BCUT2D eigenvalue weighted by Crippen LogP contribution is -1.92. The first-order chi connectivity index (χ1) is 8.19. The third kappa shape index (κ3) is 3.00. The molecule has 17 heavy (non-hydrogen) atoms. The van der Waals surface area contributed by atoms with Crippen molar-refractivity contribution in [2.24, 2.45) is 0 Å². The zero-order chi connectivity index (χ0) is 12.3. The molecule has 1 aromatic carbocycles. The average molecular weight is 300 g/mol. The third-order valence-corrected chi connectivity index (χ3v) is 2.71. The predicted octanol–water partition coefficient (Wildman–Crippen LogP) is 4.05. The van der Waals surface area contributed by atoms with Gasteiger partial charge in [0.2, 0.25) is 5.88 Å². The molecule has 0 amide bonds. The lowest BCUT2D eigenvalue weighted by atomic mass is 10.3. The molecule has 0 aliphatic carbocycles. The van der Waals surface area contributed by atoms with Crippen molar-refractivity contribution in [3.8, 4) is 11.6 Å². The van der Waals surface area contributed by atoms with Gasteiger partial charge in [0.05, 0.1) is 0 Å². The van der Waals surface area contributed by atoms with Crippen molar-refractivity contribution in [1.29, 1.82) is 0 Å². The van der Waals surface area contributed by atoms with E-state index in [2.05, 4.69) is 20.9 Å². The van der Waals surface area contributed by atoms with Gasteiger partial charge in [-0.15, -0.1) is 0 Å². The number of hydrogen-bond donors (Lipinski definition) is 0. The van der Waals surface area contributed by atoms with E-state index in [1.165, 1.54) is 0 Å². The Kier molecular flexibility index (Phi) is 3.68. The molecule has 0 saturated heterocycles. The molecule has 0 radical (unpaired) electrons. The van der Waals surface area contributed by atoms with E-state index in [4.69, 9.17) is 4.74 Å². The van der Waals surface area contributed by atoms with Gasteiger partial charge in [0, 0.05) is 23.7 Å². The summed E-state index contributed by atoms with van der Waals surface area (Å²) in [6.45, 7) is 0. The largest absolute Gasteiger partial charge is 0.436 e. The highest BCUT2D eigenvalue weighted by molar-refractivity contribution is 9.08. The van der Waals surface area contributed by atoms with Crippen LogP contribution in [0.5, 0.6) is 11.6 Å². The molecule has 0 N–H and O–H groups in total. The van der Waals surface area contributed by atoms with Gasteiger partial charge in [0.1, 0.15) is 5.82 Å². The van der Waals surface area contributed by atoms with Crippen LogP contribution in [0.25, 0.3) is 0 Å². The highest BCUT2D eigenvalue weighted by Gasteiger charge is 2.07. The number of hydrogen-bond acceptors (Lipinski definition) is 2. The molecule has 0 atom stereocenters. The minimum atomic E-state index is -0.627. The molecule has 0 spiro atoms. The predicted molar refractivity (Wildman–Crippen MR) is 63.3 cm³/mol. The maximum absolute atomic E-state index is 13.3. The van der Waals surface area contributed by atoms with Gasteiger partial charge in [-0.2, -0.15) is 0 Å². The Morgan fingerprint density at radius 2 is 2.00 bits per heavy atom. The maximum Gasteiger partial charge on any atom is 0.219 e. The van der Waals surface area contributed by atoms with E-state index >= 15 is 0 Å². The van der Waals surface area contributed by atoms with Crippen LogP contribution in [0.15, 0.2) is 36.5 Å². The Labute approximate surface area is 105 Å². The molecule has 0 unspecified atom stereocenters. The van der Waals surface area contributed by atoms with Crippen LogP contribution in [0.3, 0.4) is 0 Å². The second-order valence-corrected chi connectivity index (χ2v) is 3.88. The summed E-state index contributed by atoms with van der Waals surface area (Å²) in [6, 6.07) is 6.41. The summed E-state index contributed by atoms with van der Waals surface area (Å²) in [4.78, 5) is 3.97. The van der Waals surface area contributed by atoms with Crippen LogP contribution < -0.4 is 4.74 Å². The van der Waals surface area contributed by atoms with Crippen LogP contribution in [0.2, 0.25) is 0 Å². The fraction of sp³-hybridized carbons (Fsp3) is 0.0833. The molecule has 88 valence electrons. The molecular weight excluding hydrogens is 292 g/mol. The number of aromatic nitrogens is 1. The van der Waals surface area contributed by atoms with Crippen LogP contribution in [-0.4, -0.2) is 4.98 Å². The maximum atomic E-state index is 13.3. The Morgan fingerprint density at radius 3 is 2.65 bits per heavy atom. The number of nitrogens with zero attached hydrogens (tertiary/aromatic N) is 1. The molecule has 0 bridgehead atoms. The van der Waals surface area contributed by atoms with Gasteiger partial charge < -0.3 is 4.74 Å². The van der Waals surface area contributed by atoms with Gasteiger partial charge >= 0.3 is 0 Å². The normalized spacial score (nSPS) is 10.3. The zero-order valence-corrected chi connectivity index (χ0v) is 10.2. The Balaban J connectivity index is 2.22. The summed E-state index contributed by atoms with van der Waals surface area (Å²) in [6.07, 6.45) is 1.60. The Hall–Kier alpha value is -1.49. The van der Waals surface area contributed by atoms with Crippen LogP contribution in [0, 0.1) is 11.6 Å². The van der Waals surface area contributed by atoms with E-state index < -0.39 is 11.6 Å². The molecule has 2 nitrogen and oxygen atoms in total. The smallest absolute Gasteiger partial charge is 0.219 e. The fourth-order valence-corrected chi connectivity index (χ4v) is 1.55. The monoisotopic (exact) mass is 299 g/mol. The molecule has 5 heteroatoms. The van der Waals surface area contributed by atoms with Crippen LogP contribution in [0.1, 0.15) is 5.56 Å². The van der Waals surface area contributed by atoms with E-state index in [0.717, 1.165) is 23.8 Å². The summed E-state index contributed by atoms with van der Waals surface area (Å²) < 4.78 is 31.3. The first-order valence-electron chi connectivity index (χ1n) is 4.83. The van der Waals surface area contributed by atoms with E-state index in [1.807, 2.05) is 0 Å². The lowest BCUT2D eigenvalue weighted by molar-refractivity contribution is 0.422. The fourth-order valence-electron chi connectivity index (χ4n) is 1.22. The highest BCUT2D eigenvalue weighted by atomic mass is 79.9. The molecule has 2 aromatic rings. The molecule has 0 saturated carbocycles. The molecular formula is C12H8BrF2NO. The Morgan fingerprint density at radius 1 is 1.18 bits per heavy atom. The minimum Gasteiger partial charge on any atom is -0.436 e. The van der Waals surface area contributed by atoms with E-state index in [1.54, 1.807) is 18.3 Å². The third-order valence-electron chi connectivity index (χ3n) is 2.06. The SMILES string of the molecule is Fc1ccc(F)c(Oc2ccc(CBr)cn2)c1. The summed E-state index contributed by atoms with van der Waals surface area (Å²) in [5, 5.41) is 0.675. The van der Waals surface area contributed by atoms with Crippen LogP contribution >= 0.6 is 15.9 Å². The second kappa shape index (κ2) is 5.23. The number of benzene rings is 1. The molecule has 0 aliphatic heterocycles. The quantitative estimate of drug-likeness (QED) is 0.798. The number of rotatable bonds is 3. The van der Waals surface area contributed by atoms with Gasteiger partial charge in [-0.05, 0) is 17.7 Å². The van der Waals surface area contributed by atoms with Gasteiger partial charge in [-0.25, -0.2) is 13.8 Å². The summed E-state index contributed by atoms with van der Waals surface area (Å²) in [5.74, 6) is -1.14. The average Bonchev–Trinajstić information content (AvgIpc) is 2.35. The van der Waals surface area contributed by atoms with E-state index in [-0.39, 0.29) is 11.6 Å². The highest BCUT2D eigenvalue weighted by Crippen LogP contribution is 2.23. The van der Waals surface area contributed by atoms with Crippen molar-refractivity contribution in [2.75, 3.05) is 0 Å². The number of halogens is 3. The van der Waals surface area contributed by atoms with Crippen molar-refractivity contribution >= 4 is 15.9 Å². The van der Waals surface area contributed by atoms with Crippen molar-refractivity contribution < 1.29 is 13.5 Å². The van der Waals surface area contributed by atoms with Crippen LogP contribution in [0.4, 0.5) is 8.78 Å². The van der Waals surface area contributed by atoms with Crippen molar-refractivity contribution in [3.63, 3.8) is 0 Å². The number of ether oxygens (including phenoxy) is 1. The van der Waals surface area contributed by atoms with Crippen LogP contribution in [-0.2, 0) is 5.33 Å². The lowest BCUT2D eigenvalue weighted by Gasteiger charge is -2.06. The van der Waals surface area contributed by atoms with Gasteiger partial charge in [0.15, 0.2) is 11.6 Å². The van der Waals surface area contributed by atoms with Gasteiger partial charge in [0.25, 0.3) is 0 Å². The molecule has 2 rings (SSSR count). The van der Waals surface area contributed by atoms with Crippen molar-refractivity contribution in [1.82, 2.24) is 4.98 Å². The molecule has 0 aliphatic rings. The summed E-state index contributed by atoms with van der Waals surface area (Å²) in [5.41, 5.74) is 0.970. The summed E-state index contributed by atoms with van der Waals surface area (Å²) in [7, 11) is 0. The molecule has 1 heterocycles. The van der Waals surface area contributed by atoms with E-state index in [9.17, 15) is 8.78 Å². The number of pyridine rings is 1. The molecule has 0 fully saturated rings. The first-order valence-corrected chi connectivity index (χ1v) is 5.95.